The minimum absolute atomic E-state index is 0.0513. The Kier molecular flexibility index (Phi) is 7.09. The monoisotopic (exact) mass is 353 g/mol. The molecule has 0 saturated heterocycles. The molecule has 0 radical (unpaired) electrons. The van der Waals surface area contributed by atoms with E-state index in [9.17, 15) is 14.4 Å². The minimum atomic E-state index is -0.930. The number of aryl methyl sites for hydroxylation is 1. The second-order valence-electron chi connectivity index (χ2n) is 5.96. The molecule has 5 heteroatoms. The number of hydrogen-bond acceptors (Lipinski definition) is 4. The molecule has 0 spiro atoms. The van der Waals surface area contributed by atoms with Crippen molar-refractivity contribution in [1.29, 1.82) is 0 Å². The highest BCUT2D eigenvalue weighted by molar-refractivity contribution is 5.98. The summed E-state index contributed by atoms with van der Waals surface area (Å²) in [5.41, 5.74) is 2.38. The standard InChI is InChI=1S/C21H23NO4/c1-3-16-9-11-18(12-10-16)22-21(25)15(2)26-20(24)14-13-19(23)17-7-5-4-6-8-17/h4-12,15H,3,13-14H2,1-2H3,(H,22,25)/t15-/m0/s1. The quantitative estimate of drug-likeness (QED) is 0.579. The van der Waals surface area contributed by atoms with Crippen LogP contribution in [-0.2, 0) is 20.7 Å². The number of benzene rings is 2. The third kappa shape index (κ3) is 5.84. The molecule has 1 atom stereocenters. The summed E-state index contributed by atoms with van der Waals surface area (Å²) in [4.78, 5) is 36.0. The Labute approximate surface area is 153 Å². The van der Waals surface area contributed by atoms with E-state index in [4.69, 9.17) is 4.74 Å². The van der Waals surface area contributed by atoms with Crippen LogP contribution >= 0.6 is 0 Å². The molecule has 5 nitrogen and oxygen atoms in total. The topological polar surface area (TPSA) is 72.5 Å². The zero-order chi connectivity index (χ0) is 18.9. The van der Waals surface area contributed by atoms with Crippen molar-refractivity contribution < 1.29 is 19.1 Å². The lowest BCUT2D eigenvalue weighted by Crippen LogP contribution is -2.30. The van der Waals surface area contributed by atoms with Crippen LogP contribution in [0.2, 0.25) is 0 Å². The molecule has 0 aliphatic rings. The number of ketones is 1. The summed E-state index contributed by atoms with van der Waals surface area (Å²) < 4.78 is 5.11. The molecule has 2 aromatic carbocycles. The van der Waals surface area contributed by atoms with Crippen LogP contribution in [0, 0.1) is 0 Å². The maximum absolute atomic E-state index is 12.1. The Morgan fingerprint density at radius 1 is 0.962 bits per heavy atom. The van der Waals surface area contributed by atoms with Gasteiger partial charge in [0.05, 0.1) is 6.42 Å². The predicted molar refractivity (Wildman–Crippen MR) is 100 cm³/mol. The highest BCUT2D eigenvalue weighted by Gasteiger charge is 2.18. The summed E-state index contributed by atoms with van der Waals surface area (Å²) in [7, 11) is 0. The second-order valence-corrected chi connectivity index (χ2v) is 5.96. The molecule has 0 fully saturated rings. The van der Waals surface area contributed by atoms with E-state index in [0.717, 1.165) is 6.42 Å². The molecule has 0 aliphatic heterocycles. The fourth-order valence-corrected chi connectivity index (χ4v) is 2.36. The normalized spacial score (nSPS) is 11.5. The van der Waals surface area contributed by atoms with Crippen molar-refractivity contribution in [2.75, 3.05) is 5.32 Å². The van der Waals surface area contributed by atoms with Gasteiger partial charge in [-0.1, -0.05) is 49.4 Å². The Hall–Kier alpha value is -2.95. The van der Waals surface area contributed by atoms with Crippen LogP contribution in [0.3, 0.4) is 0 Å². The van der Waals surface area contributed by atoms with Crippen molar-refractivity contribution in [3.8, 4) is 0 Å². The lowest BCUT2D eigenvalue weighted by atomic mass is 10.1. The molecule has 136 valence electrons. The van der Waals surface area contributed by atoms with Crippen LogP contribution in [-0.4, -0.2) is 23.8 Å². The van der Waals surface area contributed by atoms with Crippen molar-refractivity contribution in [3.05, 3.63) is 65.7 Å². The highest BCUT2D eigenvalue weighted by atomic mass is 16.5. The molecular weight excluding hydrogens is 330 g/mol. The lowest BCUT2D eigenvalue weighted by molar-refractivity contribution is -0.153. The average molecular weight is 353 g/mol. The molecule has 1 amide bonds. The Morgan fingerprint density at radius 3 is 2.23 bits per heavy atom. The number of carbonyl (C=O) groups excluding carboxylic acids is 3. The molecular formula is C21H23NO4. The number of Topliss-reactive ketones (excluding diaryl/α,β-unsaturated/α-hetero) is 1. The number of rotatable bonds is 8. The number of anilines is 1. The van der Waals surface area contributed by atoms with Crippen molar-refractivity contribution in [3.63, 3.8) is 0 Å². The Balaban J connectivity index is 1.78. The van der Waals surface area contributed by atoms with Crippen molar-refractivity contribution in [2.24, 2.45) is 0 Å². The van der Waals surface area contributed by atoms with Gasteiger partial charge in [0.25, 0.3) is 5.91 Å². The van der Waals surface area contributed by atoms with E-state index in [1.807, 2.05) is 30.3 Å². The molecule has 2 rings (SSSR count). The van der Waals surface area contributed by atoms with Gasteiger partial charge in [0.2, 0.25) is 0 Å². The zero-order valence-electron chi connectivity index (χ0n) is 15.0. The molecule has 0 bridgehead atoms. The molecule has 1 N–H and O–H groups in total. The summed E-state index contributed by atoms with van der Waals surface area (Å²) >= 11 is 0. The lowest BCUT2D eigenvalue weighted by Gasteiger charge is -2.13. The third-order valence-corrected chi connectivity index (χ3v) is 3.96. The maximum Gasteiger partial charge on any atom is 0.307 e. The fourth-order valence-electron chi connectivity index (χ4n) is 2.36. The Morgan fingerprint density at radius 2 is 1.62 bits per heavy atom. The van der Waals surface area contributed by atoms with E-state index in [2.05, 4.69) is 12.2 Å². The predicted octanol–water partition coefficient (Wildman–Crippen LogP) is 3.78. The van der Waals surface area contributed by atoms with Gasteiger partial charge in [0.15, 0.2) is 11.9 Å². The molecule has 0 heterocycles. The number of carbonyl (C=O) groups is 3. The fraction of sp³-hybridized carbons (Fsp3) is 0.286. The number of hydrogen-bond donors (Lipinski definition) is 1. The van der Waals surface area contributed by atoms with Crippen LogP contribution in [0.1, 0.15) is 42.6 Å². The van der Waals surface area contributed by atoms with Crippen LogP contribution in [0.5, 0.6) is 0 Å². The van der Waals surface area contributed by atoms with E-state index >= 15 is 0 Å². The SMILES string of the molecule is CCc1ccc(NC(=O)[C@H](C)OC(=O)CCC(=O)c2ccccc2)cc1. The van der Waals surface area contributed by atoms with Crippen molar-refractivity contribution in [1.82, 2.24) is 0 Å². The Bertz CT molecular complexity index is 753. The van der Waals surface area contributed by atoms with Gasteiger partial charge in [0, 0.05) is 17.7 Å². The summed E-state index contributed by atoms with van der Waals surface area (Å²) in [6, 6.07) is 16.2. The molecule has 0 unspecified atom stereocenters. The molecule has 2 aromatic rings. The third-order valence-electron chi connectivity index (χ3n) is 3.96. The number of esters is 1. The van der Waals surface area contributed by atoms with Crippen LogP contribution < -0.4 is 5.32 Å². The van der Waals surface area contributed by atoms with Gasteiger partial charge in [0.1, 0.15) is 0 Å². The summed E-state index contributed by atoms with van der Waals surface area (Å²) in [5, 5.41) is 2.71. The number of amides is 1. The van der Waals surface area contributed by atoms with E-state index in [0.29, 0.717) is 11.3 Å². The molecule has 26 heavy (non-hydrogen) atoms. The molecule has 0 aromatic heterocycles. The van der Waals surface area contributed by atoms with Crippen LogP contribution in [0.4, 0.5) is 5.69 Å². The summed E-state index contributed by atoms with van der Waals surface area (Å²) in [5.74, 6) is -1.11. The van der Waals surface area contributed by atoms with E-state index in [1.54, 1.807) is 24.3 Å². The first kappa shape index (κ1) is 19.4. The maximum atomic E-state index is 12.1. The van der Waals surface area contributed by atoms with Gasteiger partial charge >= 0.3 is 5.97 Å². The van der Waals surface area contributed by atoms with Crippen molar-refractivity contribution in [2.45, 2.75) is 39.2 Å². The van der Waals surface area contributed by atoms with Crippen LogP contribution in [0.15, 0.2) is 54.6 Å². The van der Waals surface area contributed by atoms with Crippen LogP contribution in [0.25, 0.3) is 0 Å². The van der Waals surface area contributed by atoms with Gasteiger partial charge in [-0.3, -0.25) is 14.4 Å². The average Bonchev–Trinajstić information content (AvgIpc) is 2.67. The highest BCUT2D eigenvalue weighted by Crippen LogP contribution is 2.11. The van der Waals surface area contributed by atoms with Gasteiger partial charge in [-0.25, -0.2) is 0 Å². The van der Waals surface area contributed by atoms with Gasteiger partial charge in [-0.15, -0.1) is 0 Å². The summed E-state index contributed by atoms with van der Waals surface area (Å²) in [6.45, 7) is 3.56. The first-order valence-electron chi connectivity index (χ1n) is 8.67. The van der Waals surface area contributed by atoms with Crippen molar-refractivity contribution >= 4 is 23.3 Å². The van der Waals surface area contributed by atoms with Gasteiger partial charge in [-0.2, -0.15) is 0 Å². The number of nitrogens with one attached hydrogen (secondary N) is 1. The molecule has 0 saturated carbocycles. The van der Waals surface area contributed by atoms with E-state index < -0.39 is 18.0 Å². The second kappa shape index (κ2) is 9.51. The minimum Gasteiger partial charge on any atom is -0.453 e. The smallest absolute Gasteiger partial charge is 0.307 e. The molecule has 0 aliphatic carbocycles. The first-order chi connectivity index (χ1) is 12.5. The number of ether oxygens (including phenoxy) is 1. The van der Waals surface area contributed by atoms with E-state index in [-0.39, 0.29) is 18.6 Å². The first-order valence-corrected chi connectivity index (χ1v) is 8.67. The van der Waals surface area contributed by atoms with Gasteiger partial charge < -0.3 is 10.1 Å². The van der Waals surface area contributed by atoms with E-state index in [1.165, 1.54) is 12.5 Å². The largest absolute Gasteiger partial charge is 0.453 e. The zero-order valence-corrected chi connectivity index (χ0v) is 15.0. The summed E-state index contributed by atoms with van der Waals surface area (Å²) in [6.07, 6.45) is -0.0175. The van der Waals surface area contributed by atoms with Gasteiger partial charge in [-0.05, 0) is 31.0 Å².